The normalized spacial score (nSPS) is 24.5. The summed E-state index contributed by atoms with van der Waals surface area (Å²) in [4.78, 5) is 15.3. The van der Waals surface area contributed by atoms with Crippen molar-refractivity contribution in [2.75, 3.05) is 30.6 Å². The fourth-order valence-electron chi connectivity index (χ4n) is 6.38. The topological polar surface area (TPSA) is 87.7 Å². The van der Waals surface area contributed by atoms with Crippen LogP contribution in [0.3, 0.4) is 0 Å². The third-order valence-electron chi connectivity index (χ3n) is 8.21. The van der Waals surface area contributed by atoms with Crippen LogP contribution < -0.4 is 14.8 Å². The van der Waals surface area contributed by atoms with E-state index in [4.69, 9.17) is 4.74 Å². The van der Waals surface area contributed by atoms with Crippen LogP contribution in [0.1, 0.15) is 50.5 Å². The summed E-state index contributed by atoms with van der Waals surface area (Å²) in [5.74, 6) is 3.85. The molecule has 0 spiro atoms. The number of carbonyl (C=O) groups excluding carboxylic acids is 1. The van der Waals surface area contributed by atoms with Gasteiger partial charge in [0.15, 0.2) is 0 Å². The minimum atomic E-state index is -3.29. The highest BCUT2D eigenvalue weighted by Gasteiger charge is 2.43. The monoisotopic (exact) mass is 525 g/mol. The number of anilines is 1. The lowest BCUT2D eigenvalue weighted by Crippen LogP contribution is -2.35. The van der Waals surface area contributed by atoms with Crippen LogP contribution in [0.4, 0.5) is 5.69 Å². The number of likely N-dealkylation sites (tertiary alicyclic amines) is 1. The van der Waals surface area contributed by atoms with Crippen molar-refractivity contribution in [3.8, 4) is 11.5 Å². The predicted molar refractivity (Wildman–Crippen MR) is 146 cm³/mol. The summed E-state index contributed by atoms with van der Waals surface area (Å²) >= 11 is 0. The lowest BCUT2D eigenvalue weighted by atomic mass is 9.89. The van der Waals surface area contributed by atoms with Gasteiger partial charge in [0.25, 0.3) is 0 Å². The van der Waals surface area contributed by atoms with E-state index in [0.29, 0.717) is 35.1 Å². The molecule has 2 aliphatic carbocycles. The lowest BCUT2D eigenvalue weighted by Gasteiger charge is -2.23. The van der Waals surface area contributed by atoms with Crippen molar-refractivity contribution in [3.63, 3.8) is 0 Å². The van der Waals surface area contributed by atoms with Gasteiger partial charge in [0, 0.05) is 37.8 Å². The third-order valence-corrected chi connectivity index (χ3v) is 8.82. The first-order valence-corrected chi connectivity index (χ1v) is 15.5. The Morgan fingerprint density at radius 3 is 2.11 bits per heavy atom. The first kappa shape index (κ1) is 26.0. The van der Waals surface area contributed by atoms with E-state index in [2.05, 4.69) is 27.1 Å². The summed E-state index contributed by atoms with van der Waals surface area (Å²) in [5.41, 5.74) is 1.76. The van der Waals surface area contributed by atoms with Gasteiger partial charge in [0.05, 0.1) is 6.26 Å². The van der Waals surface area contributed by atoms with Crippen molar-refractivity contribution in [2.45, 2.75) is 51.5 Å². The van der Waals surface area contributed by atoms with Gasteiger partial charge in [-0.05, 0) is 85.4 Å². The van der Waals surface area contributed by atoms with Crippen molar-refractivity contribution >= 4 is 21.6 Å². The van der Waals surface area contributed by atoms with E-state index in [9.17, 15) is 13.2 Å². The molecule has 2 aromatic carbocycles. The second-order valence-corrected chi connectivity index (χ2v) is 13.0. The molecule has 0 radical (unpaired) electrons. The Bertz CT molecular complexity index is 1150. The first-order valence-electron chi connectivity index (χ1n) is 13.7. The number of ether oxygens (including phenoxy) is 1. The zero-order valence-electron chi connectivity index (χ0n) is 21.7. The second-order valence-electron chi connectivity index (χ2n) is 11.3. The van der Waals surface area contributed by atoms with Crippen LogP contribution in [0, 0.1) is 23.7 Å². The molecule has 1 heterocycles. The van der Waals surface area contributed by atoms with Crippen LogP contribution in [-0.4, -0.2) is 45.1 Å². The number of hydrogen-bond donors (Lipinski definition) is 2. The molecule has 1 amide bonds. The van der Waals surface area contributed by atoms with Crippen molar-refractivity contribution in [1.29, 1.82) is 0 Å². The maximum absolute atomic E-state index is 12.8. The summed E-state index contributed by atoms with van der Waals surface area (Å²) in [5, 5.41) is 3.28. The average molecular weight is 526 g/mol. The number of nitrogens with zero attached hydrogens (tertiary/aromatic N) is 1. The zero-order valence-corrected chi connectivity index (χ0v) is 22.5. The molecule has 2 saturated carbocycles. The van der Waals surface area contributed by atoms with Crippen molar-refractivity contribution in [2.24, 2.45) is 23.7 Å². The Hall–Kier alpha value is -2.58. The molecule has 7 nitrogen and oxygen atoms in total. The Morgan fingerprint density at radius 1 is 0.919 bits per heavy atom. The van der Waals surface area contributed by atoms with E-state index in [1.165, 1.54) is 37.7 Å². The van der Waals surface area contributed by atoms with E-state index in [1.54, 1.807) is 24.3 Å². The summed E-state index contributed by atoms with van der Waals surface area (Å²) in [6, 6.07) is 15.0. The van der Waals surface area contributed by atoms with E-state index in [-0.39, 0.29) is 5.92 Å². The lowest BCUT2D eigenvalue weighted by molar-refractivity contribution is -0.125. The van der Waals surface area contributed by atoms with Gasteiger partial charge >= 0.3 is 0 Å². The highest BCUT2D eigenvalue weighted by molar-refractivity contribution is 7.92. The SMILES string of the molecule is CS(=O)(=O)Nc1ccc(Oc2ccc(CN3C[C@H]4C[C@H](C(=O)NCC5CCCCC5)C[C@H]4C3)cc2)cc1. The number of fused-ring (bicyclic) bond motifs is 1. The van der Waals surface area contributed by atoms with Gasteiger partial charge < -0.3 is 10.1 Å². The largest absolute Gasteiger partial charge is 0.457 e. The van der Waals surface area contributed by atoms with E-state index in [0.717, 1.165) is 51.0 Å². The summed E-state index contributed by atoms with van der Waals surface area (Å²) in [6.07, 6.45) is 9.73. The summed E-state index contributed by atoms with van der Waals surface area (Å²) in [6.45, 7) is 3.94. The van der Waals surface area contributed by atoms with Crippen molar-refractivity contribution in [3.05, 3.63) is 54.1 Å². The second kappa shape index (κ2) is 11.4. The third kappa shape index (κ3) is 7.26. The molecule has 200 valence electrons. The Morgan fingerprint density at radius 2 is 1.51 bits per heavy atom. The quantitative estimate of drug-likeness (QED) is 0.481. The van der Waals surface area contributed by atoms with Crippen molar-refractivity contribution in [1.82, 2.24) is 10.2 Å². The molecule has 3 aliphatic rings. The summed E-state index contributed by atoms with van der Waals surface area (Å²) < 4.78 is 31.0. The molecule has 3 atom stereocenters. The molecular weight excluding hydrogens is 486 g/mol. The minimum absolute atomic E-state index is 0.202. The number of benzene rings is 2. The maximum atomic E-state index is 12.8. The minimum Gasteiger partial charge on any atom is -0.457 e. The molecular formula is C29H39N3O4S. The highest BCUT2D eigenvalue weighted by atomic mass is 32.2. The van der Waals surface area contributed by atoms with E-state index in [1.807, 2.05) is 12.1 Å². The maximum Gasteiger partial charge on any atom is 0.229 e. The first-order chi connectivity index (χ1) is 17.8. The molecule has 5 rings (SSSR count). The number of sulfonamides is 1. The molecule has 2 N–H and O–H groups in total. The smallest absolute Gasteiger partial charge is 0.229 e. The molecule has 2 aromatic rings. The highest BCUT2D eigenvalue weighted by Crippen LogP contribution is 2.42. The van der Waals surface area contributed by atoms with Gasteiger partial charge in [-0.3, -0.25) is 14.4 Å². The van der Waals surface area contributed by atoms with Gasteiger partial charge in [0.2, 0.25) is 15.9 Å². The number of rotatable bonds is 9. The standard InChI is InChI=1S/C29H39N3O4S/c1-37(34,35)31-26-9-13-28(14-10-26)36-27-11-7-22(8-12-27)18-32-19-24-15-23(16-25(24)20-32)29(33)30-17-21-5-3-2-4-6-21/h7-14,21,23-25,31H,2-6,15-20H2,1H3,(H,30,33)/t23-,24+,25-. The van der Waals surface area contributed by atoms with Crippen LogP contribution in [-0.2, 0) is 21.4 Å². The van der Waals surface area contributed by atoms with Gasteiger partial charge in [-0.2, -0.15) is 0 Å². The number of carbonyl (C=O) groups is 1. The molecule has 1 aliphatic heterocycles. The van der Waals surface area contributed by atoms with Gasteiger partial charge in [-0.25, -0.2) is 8.42 Å². The molecule has 0 unspecified atom stereocenters. The van der Waals surface area contributed by atoms with Crippen molar-refractivity contribution < 1.29 is 17.9 Å². The van der Waals surface area contributed by atoms with Crippen LogP contribution in [0.15, 0.2) is 48.5 Å². The van der Waals surface area contributed by atoms with E-state index >= 15 is 0 Å². The Balaban J connectivity index is 1.05. The predicted octanol–water partition coefficient (Wildman–Crippen LogP) is 5.00. The van der Waals surface area contributed by atoms with Crippen LogP contribution >= 0.6 is 0 Å². The van der Waals surface area contributed by atoms with E-state index < -0.39 is 10.0 Å². The van der Waals surface area contributed by atoms with Crippen LogP contribution in [0.5, 0.6) is 11.5 Å². The summed E-state index contributed by atoms with van der Waals surface area (Å²) in [7, 11) is -3.29. The number of nitrogens with one attached hydrogen (secondary N) is 2. The molecule has 37 heavy (non-hydrogen) atoms. The van der Waals surface area contributed by atoms with Crippen LogP contribution in [0.2, 0.25) is 0 Å². The van der Waals surface area contributed by atoms with Crippen LogP contribution in [0.25, 0.3) is 0 Å². The number of amides is 1. The average Bonchev–Trinajstić information content (AvgIpc) is 3.44. The molecule has 1 saturated heterocycles. The fraction of sp³-hybridized carbons (Fsp3) is 0.552. The fourth-order valence-corrected chi connectivity index (χ4v) is 6.95. The van der Waals surface area contributed by atoms with Gasteiger partial charge in [-0.15, -0.1) is 0 Å². The zero-order chi connectivity index (χ0) is 25.8. The Kier molecular flexibility index (Phi) is 8.05. The molecule has 0 aromatic heterocycles. The molecule has 0 bridgehead atoms. The van der Waals surface area contributed by atoms with Gasteiger partial charge in [0.1, 0.15) is 11.5 Å². The Labute approximate surface area is 221 Å². The van der Waals surface area contributed by atoms with Gasteiger partial charge in [-0.1, -0.05) is 31.4 Å². The molecule has 3 fully saturated rings. The number of hydrogen-bond acceptors (Lipinski definition) is 5. The molecule has 8 heteroatoms.